The van der Waals surface area contributed by atoms with Gasteiger partial charge < -0.3 is 5.32 Å². The molecular weight excluding hydrogens is 340 g/mol. The maximum absolute atomic E-state index is 11.1. The SMILES string of the molecule is NS(=O)(=O)c1ccc(N=Nc2ccc(NC(=O)CCl)cc2)cc1. The van der Waals surface area contributed by atoms with Gasteiger partial charge in [0.25, 0.3) is 0 Å². The summed E-state index contributed by atoms with van der Waals surface area (Å²) in [5.41, 5.74) is 1.66. The molecule has 0 aliphatic rings. The third-order valence-corrected chi connectivity index (χ3v) is 3.89. The zero-order valence-corrected chi connectivity index (χ0v) is 13.4. The molecule has 0 aromatic heterocycles. The highest BCUT2D eigenvalue weighted by atomic mass is 35.5. The van der Waals surface area contributed by atoms with Gasteiger partial charge in [-0.1, -0.05) is 0 Å². The van der Waals surface area contributed by atoms with Crippen molar-refractivity contribution in [3.8, 4) is 0 Å². The van der Waals surface area contributed by atoms with E-state index in [1.54, 1.807) is 24.3 Å². The number of rotatable bonds is 5. The van der Waals surface area contributed by atoms with Crippen molar-refractivity contribution < 1.29 is 13.2 Å². The standard InChI is InChI=1S/C14H13ClN4O3S/c15-9-14(20)17-10-1-3-11(4-2-10)18-19-12-5-7-13(8-6-12)23(16,21)22/h1-8H,9H2,(H,17,20)(H2,16,21,22). The van der Waals surface area contributed by atoms with Gasteiger partial charge in [0.05, 0.1) is 16.3 Å². The Balaban J connectivity index is 2.06. The van der Waals surface area contributed by atoms with E-state index in [1.807, 2.05) is 0 Å². The minimum Gasteiger partial charge on any atom is -0.325 e. The van der Waals surface area contributed by atoms with E-state index in [9.17, 15) is 13.2 Å². The summed E-state index contributed by atoms with van der Waals surface area (Å²) in [6, 6.07) is 12.4. The van der Waals surface area contributed by atoms with Crippen molar-refractivity contribution in [1.82, 2.24) is 0 Å². The Morgan fingerprint density at radius 2 is 1.48 bits per heavy atom. The Bertz CT molecular complexity index is 818. The third kappa shape index (κ3) is 5.13. The van der Waals surface area contributed by atoms with Gasteiger partial charge in [0, 0.05) is 5.69 Å². The Morgan fingerprint density at radius 1 is 1.00 bits per heavy atom. The summed E-state index contributed by atoms with van der Waals surface area (Å²) in [6.45, 7) is 0. The molecule has 3 N–H and O–H groups in total. The van der Waals surface area contributed by atoms with Crippen LogP contribution in [0.2, 0.25) is 0 Å². The minimum atomic E-state index is -3.72. The normalized spacial score (nSPS) is 11.6. The number of benzene rings is 2. The Hall–Kier alpha value is -2.29. The number of hydrogen-bond donors (Lipinski definition) is 2. The first-order chi connectivity index (χ1) is 10.9. The quantitative estimate of drug-likeness (QED) is 0.636. The first-order valence-corrected chi connectivity index (χ1v) is 8.47. The molecule has 2 aromatic rings. The van der Waals surface area contributed by atoms with Crippen molar-refractivity contribution in [3.05, 3.63) is 48.5 Å². The molecule has 23 heavy (non-hydrogen) atoms. The number of sulfonamides is 1. The summed E-state index contributed by atoms with van der Waals surface area (Å²) in [4.78, 5) is 11.1. The van der Waals surface area contributed by atoms with Gasteiger partial charge in [-0.15, -0.1) is 11.6 Å². The van der Waals surface area contributed by atoms with Crippen molar-refractivity contribution in [2.75, 3.05) is 11.2 Å². The summed E-state index contributed by atoms with van der Waals surface area (Å²) in [5, 5.41) is 15.6. The van der Waals surface area contributed by atoms with Crippen molar-refractivity contribution in [2.45, 2.75) is 4.90 Å². The number of carbonyl (C=O) groups excluding carboxylic acids is 1. The molecule has 0 aliphatic heterocycles. The van der Waals surface area contributed by atoms with E-state index >= 15 is 0 Å². The van der Waals surface area contributed by atoms with Crippen LogP contribution in [-0.4, -0.2) is 20.2 Å². The second-order valence-corrected chi connectivity index (χ2v) is 6.30. The summed E-state index contributed by atoms with van der Waals surface area (Å²) >= 11 is 5.40. The van der Waals surface area contributed by atoms with Crippen LogP contribution in [0.3, 0.4) is 0 Å². The molecule has 2 aromatic carbocycles. The lowest BCUT2D eigenvalue weighted by Gasteiger charge is -2.02. The van der Waals surface area contributed by atoms with Crippen LogP contribution >= 0.6 is 11.6 Å². The van der Waals surface area contributed by atoms with E-state index in [2.05, 4.69) is 15.5 Å². The fourth-order valence-corrected chi connectivity index (χ4v) is 2.21. The monoisotopic (exact) mass is 352 g/mol. The molecule has 0 fully saturated rings. The number of nitrogens with one attached hydrogen (secondary N) is 1. The highest BCUT2D eigenvalue weighted by Crippen LogP contribution is 2.21. The first-order valence-electron chi connectivity index (χ1n) is 6.39. The van der Waals surface area contributed by atoms with E-state index in [0.29, 0.717) is 17.1 Å². The maximum atomic E-state index is 11.1. The van der Waals surface area contributed by atoms with E-state index in [1.165, 1.54) is 24.3 Å². The smallest absolute Gasteiger partial charge is 0.239 e. The lowest BCUT2D eigenvalue weighted by Crippen LogP contribution is -2.12. The second-order valence-electron chi connectivity index (χ2n) is 4.47. The number of anilines is 1. The molecule has 0 unspecified atom stereocenters. The van der Waals surface area contributed by atoms with Crippen LogP contribution in [0.5, 0.6) is 0 Å². The number of nitrogens with zero attached hydrogens (tertiary/aromatic N) is 2. The number of nitrogens with two attached hydrogens (primary N) is 1. The molecule has 120 valence electrons. The average Bonchev–Trinajstić information content (AvgIpc) is 2.53. The highest BCUT2D eigenvalue weighted by Gasteiger charge is 2.06. The van der Waals surface area contributed by atoms with Crippen LogP contribution in [0.15, 0.2) is 63.7 Å². The summed E-state index contributed by atoms with van der Waals surface area (Å²) in [5.74, 6) is -0.410. The number of alkyl halides is 1. The fraction of sp³-hybridized carbons (Fsp3) is 0.0714. The molecule has 0 bridgehead atoms. The lowest BCUT2D eigenvalue weighted by molar-refractivity contribution is -0.113. The van der Waals surface area contributed by atoms with Crippen LogP contribution in [-0.2, 0) is 14.8 Å². The van der Waals surface area contributed by atoms with Crippen LogP contribution in [0.25, 0.3) is 0 Å². The van der Waals surface area contributed by atoms with Crippen molar-refractivity contribution in [3.63, 3.8) is 0 Å². The van der Waals surface area contributed by atoms with E-state index < -0.39 is 10.0 Å². The van der Waals surface area contributed by atoms with Gasteiger partial charge in [-0.05, 0) is 48.5 Å². The second kappa shape index (κ2) is 7.32. The van der Waals surface area contributed by atoms with Crippen LogP contribution < -0.4 is 10.5 Å². The van der Waals surface area contributed by atoms with Gasteiger partial charge in [-0.3, -0.25) is 4.79 Å². The molecule has 0 radical (unpaired) electrons. The molecule has 7 nitrogen and oxygen atoms in total. The van der Waals surface area contributed by atoms with E-state index in [-0.39, 0.29) is 16.7 Å². The number of carbonyl (C=O) groups is 1. The molecule has 0 aliphatic carbocycles. The number of hydrogen-bond acceptors (Lipinski definition) is 5. The molecule has 0 saturated carbocycles. The average molecular weight is 353 g/mol. The van der Waals surface area contributed by atoms with Gasteiger partial charge >= 0.3 is 0 Å². The molecule has 0 heterocycles. The van der Waals surface area contributed by atoms with Gasteiger partial charge in [0.1, 0.15) is 5.88 Å². The first kappa shape index (κ1) is 17.1. The van der Waals surface area contributed by atoms with E-state index in [0.717, 1.165) is 0 Å². The zero-order chi connectivity index (χ0) is 16.9. The van der Waals surface area contributed by atoms with Crippen molar-refractivity contribution in [1.29, 1.82) is 0 Å². The summed E-state index contributed by atoms with van der Waals surface area (Å²) in [6.07, 6.45) is 0. The van der Waals surface area contributed by atoms with Crippen molar-refractivity contribution >= 4 is 44.6 Å². The third-order valence-electron chi connectivity index (χ3n) is 2.72. The van der Waals surface area contributed by atoms with Gasteiger partial charge in [-0.2, -0.15) is 10.2 Å². The number of amides is 1. The van der Waals surface area contributed by atoms with Crippen molar-refractivity contribution in [2.24, 2.45) is 15.4 Å². The van der Waals surface area contributed by atoms with Crippen LogP contribution in [0.1, 0.15) is 0 Å². The maximum Gasteiger partial charge on any atom is 0.239 e. The molecule has 9 heteroatoms. The van der Waals surface area contributed by atoms with Gasteiger partial charge in [-0.25, -0.2) is 13.6 Å². The predicted molar refractivity (Wildman–Crippen MR) is 87.8 cm³/mol. The zero-order valence-electron chi connectivity index (χ0n) is 11.8. The molecule has 2 rings (SSSR count). The number of azo groups is 1. The molecule has 1 amide bonds. The summed E-state index contributed by atoms with van der Waals surface area (Å²) < 4.78 is 22.3. The Morgan fingerprint density at radius 3 is 1.91 bits per heavy atom. The largest absolute Gasteiger partial charge is 0.325 e. The topological polar surface area (TPSA) is 114 Å². The van der Waals surface area contributed by atoms with Gasteiger partial charge in [0.15, 0.2) is 0 Å². The molecule has 0 saturated heterocycles. The number of primary sulfonamides is 1. The van der Waals surface area contributed by atoms with Crippen LogP contribution in [0.4, 0.5) is 17.1 Å². The fourth-order valence-electron chi connectivity index (χ4n) is 1.62. The van der Waals surface area contributed by atoms with Gasteiger partial charge in [0.2, 0.25) is 15.9 Å². The predicted octanol–water partition coefficient (Wildman–Crippen LogP) is 2.93. The highest BCUT2D eigenvalue weighted by molar-refractivity contribution is 7.89. The molecule has 0 spiro atoms. The Labute approximate surface area is 138 Å². The summed E-state index contributed by atoms with van der Waals surface area (Å²) in [7, 11) is -3.72. The Kier molecular flexibility index (Phi) is 5.43. The van der Waals surface area contributed by atoms with Crippen LogP contribution in [0, 0.1) is 0 Å². The number of halogens is 1. The molecule has 0 atom stereocenters. The van der Waals surface area contributed by atoms with E-state index in [4.69, 9.17) is 16.7 Å². The minimum absolute atomic E-state index is 0.0100. The molecular formula is C14H13ClN4O3S. The lowest BCUT2D eigenvalue weighted by atomic mass is 10.3.